The first kappa shape index (κ1) is 103. The van der Waals surface area contributed by atoms with Gasteiger partial charge in [-0.3, -0.25) is 46.8 Å². The van der Waals surface area contributed by atoms with Crippen LogP contribution in [0.5, 0.6) is 5.75 Å². The molecule has 0 radical (unpaired) electrons. The Balaban J connectivity index is 0. The van der Waals surface area contributed by atoms with Crippen LogP contribution in [0, 0.1) is 0 Å². The van der Waals surface area contributed by atoms with E-state index in [0.717, 1.165) is 67.8 Å². The van der Waals surface area contributed by atoms with Gasteiger partial charge in [-0.1, -0.05) is 71.8 Å². The summed E-state index contributed by atoms with van der Waals surface area (Å²) < 4.78 is 226. The van der Waals surface area contributed by atoms with E-state index < -0.39 is 104 Å². The third kappa shape index (κ3) is 58.9. The first-order valence-corrected chi connectivity index (χ1v) is 44.8. The number of rotatable bonds is 32. The number of nitrogens with one attached hydrogen (secondary N) is 3. The van der Waals surface area contributed by atoms with Crippen LogP contribution < -0.4 is 78.9 Å². The van der Waals surface area contributed by atoms with Gasteiger partial charge in [0.05, 0.1) is 41.0 Å². The number of hydrogen-bond acceptors (Lipinski definition) is 33. The Kier molecular flexibility index (Phi) is 54.8. The average molecular weight is 1690 g/mol. The van der Waals surface area contributed by atoms with E-state index in [1.165, 1.54) is 11.1 Å². The molecule has 3 aromatic rings. The number of nitrogens with two attached hydrogens (primary N) is 5. The molecule has 3 aromatic carbocycles. The van der Waals surface area contributed by atoms with Crippen LogP contribution in [0.3, 0.4) is 0 Å². The Bertz CT molecular complexity index is 3580. The van der Waals surface area contributed by atoms with Gasteiger partial charge >= 0.3 is 50.6 Å². The maximum atomic E-state index is 11.7. The second kappa shape index (κ2) is 55.7. The SMILES string of the molecule is COc1ccc2c(c1)CN(CCCS(=O)(=O)[O-])CC2.NC(N)=NCCSOOO.NCCCCS(=O)(=O)O.NCCCCS(=O)(=O)O.NCCCSS(=O)(=O)O.O=C(OCc1ccccc1)[C@@H]1C[C@H](S(=O)(=O)O)CN1.O=C(OCc1ccccc1)[C@@H]1C[C@H](S(=O)(=O)O)CN1.O=S(=O)(O)CC1CCCN1.[Na+]. The number of unbranched alkanes of at least 4 members (excludes halogenated alkanes) is 2. The van der Waals surface area contributed by atoms with Crippen LogP contribution in [0.1, 0.15) is 86.5 Å². The second-order valence-electron chi connectivity index (χ2n) is 22.4. The quantitative estimate of drug-likeness (QED) is 0.00279. The first-order valence-electron chi connectivity index (χ1n) is 31.5. The second-order valence-corrected chi connectivity index (χ2v) is 36.2. The summed E-state index contributed by atoms with van der Waals surface area (Å²) in [5.74, 6) is -0.0535. The van der Waals surface area contributed by atoms with Crippen molar-refractivity contribution in [3.63, 3.8) is 0 Å². The minimum absolute atomic E-state index is 0. The molecule has 0 bridgehead atoms. The van der Waals surface area contributed by atoms with Gasteiger partial charge in [-0.25, -0.2) is 13.7 Å². The first-order chi connectivity index (χ1) is 48.4. The zero-order chi connectivity index (χ0) is 79.1. The Labute approximate surface area is 645 Å². The molecule has 4 heterocycles. The van der Waals surface area contributed by atoms with E-state index in [1.807, 2.05) is 72.8 Å². The van der Waals surface area contributed by atoms with E-state index in [-0.39, 0.29) is 104 Å². The zero-order valence-electron chi connectivity index (χ0n) is 58.0. The molecule has 105 heavy (non-hydrogen) atoms. The molecule has 5 atom stereocenters. The fourth-order valence-electron chi connectivity index (χ4n) is 8.78. The molecule has 0 aliphatic carbocycles. The van der Waals surface area contributed by atoms with Crippen LogP contribution in [-0.2, 0) is 124 Å². The number of ether oxygens (including phenoxy) is 3. The third-order valence-corrected chi connectivity index (χ3v) is 22.1. The van der Waals surface area contributed by atoms with Crippen LogP contribution in [0.15, 0.2) is 83.9 Å². The van der Waals surface area contributed by atoms with Crippen LogP contribution in [0.25, 0.3) is 0 Å². The standard InChI is InChI=1S/C13H19NO4S.2C12H15NO5S.C5H11NO3S.2C4H11NO3S.C3H9N3O3S.C3H9NO3S2.Na/c1-18-13-4-3-11-5-7-14(10-12(11)9-13)6-2-8-19(15,16)17;2*14-12(18-8-9-4-2-1-3-5-9)11-6-10(7-13-11)19(15,16)17;7-10(8,9)4-5-2-1-3-6-5;2*5-3-1-2-4-9(6,7)8;4-3(5)6-1-2-10-9-8-7;4-2-1-3-8-9(5,6)7;/h3-4,9H,2,5-8,10H2,1H3,(H,15,16,17);2*1-5,10-11,13H,6-8H2,(H,15,16,17);5-6H,1-4H2,(H,7,8,9);2*1-5H2,(H,6,7,8);7H,1-2H2,(H4,4,5,6);1-4H2,(H,5,6,7);/q;;;;;;;;+1/p-1/t;2*10-,11-;;;;;;/m.00....../s1. The van der Waals surface area contributed by atoms with Gasteiger partial charge in [-0.05, 0) is 149 Å². The van der Waals surface area contributed by atoms with Crippen molar-refractivity contribution in [1.82, 2.24) is 20.9 Å². The van der Waals surface area contributed by atoms with E-state index in [9.17, 15) is 73.1 Å². The van der Waals surface area contributed by atoms with Gasteiger partial charge in [0.1, 0.15) is 41.5 Å². The summed E-state index contributed by atoms with van der Waals surface area (Å²) in [5, 5.41) is 17.5. The topological polar surface area (TPSA) is 666 Å². The summed E-state index contributed by atoms with van der Waals surface area (Å²) in [6.45, 7) is 5.41. The van der Waals surface area contributed by atoms with Crippen molar-refractivity contribution in [2.24, 2.45) is 33.7 Å². The number of carbonyl (C=O) groups is 2. The zero-order valence-corrected chi connectivity index (χ0v) is 67.3. The third-order valence-electron chi connectivity index (χ3n) is 13.8. The van der Waals surface area contributed by atoms with E-state index >= 15 is 0 Å². The van der Waals surface area contributed by atoms with Crippen molar-refractivity contribution in [2.75, 3.05) is 101 Å². The summed E-state index contributed by atoms with van der Waals surface area (Å²) in [5.41, 5.74) is 29.5. The van der Waals surface area contributed by atoms with E-state index in [4.69, 9.17) is 75.5 Å². The molecule has 1 unspecified atom stereocenters. The predicted octanol–water partition coefficient (Wildman–Crippen LogP) is -3.26. The summed E-state index contributed by atoms with van der Waals surface area (Å²) >= 11 is 0.905. The van der Waals surface area contributed by atoms with Crippen LogP contribution in [0.2, 0.25) is 0 Å². The van der Waals surface area contributed by atoms with Gasteiger partial charge in [0.2, 0.25) is 0 Å². The molecule has 0 saturated carbocycles. The molecule has 0 aromatic heterocycles. The molecule has 4 aliphatic heterocycles. The minimum atomic E-state index is -4.11. The molecule has 3 saturated heterocycles. The molecule has 7 rings (SSSR count). The van der Waals surface area contributed by atoms with Crippen molar-refractivity contribution >= 4 is 111 Å². The Morgan fingerprint density at radius 2 is 1.11 bits per heavy atom. The smallest absolute Gasteiger partial charge is 0.748 e. The number of hydrogen-bond donors (Lipinski definition) is 15. The molecule has 0 spiro atoms. The molecule has 4 aliphatic rings. The minimum Gasteiger partial charge on any atom is -0.748 e. The van der Waals surface area contributed by atoms with Gasteiger partial charge in [0.15, 0.2) is 5.96 Å². The van der Waals surface area contributed by atoms with Crippen molar-refractivity contribution in [2.45, 2.75) is 119 Å². The van der Waals surface area contributed by atoms with Crippen LogP contribution >= 0.6 is 22.8 Å². The number of aliphatic imine (C=N–C) groups is 1. The van der Waals surface area contributed by atoms with Gasteiger partial charge in [-0.2, -0.15) is 50.5 Å². The van der Waals surface area contributed by atoms with Gasteiger partial charge in [-0.15, -0.1) is 4.33 Å². The molecule has 49 heteroatoms. The average Bonchev–Trinajstić information content (AvgIpc) is 1.40. The fraction of sp³-hybridized carbons (Fsp3) is 0.625. The van der Waals surface area contributed by atoms with E-state index in [1.54, 1.807) is 7.11 Å². The number of guanidine groups is 1. The number of methoxy groups -OCH3 is 1. The maximum Gasteiger partial charge on any atom is 1.00 e. The number of esters is 2. The van der Waals surface area contributed by atoms with Crippen molar-refractivity contribution in [3.05, 3.63) is 101 Å². The van der Waals surface area contributed by atoms with Crippen LogP contribution in [0.4, 0.5) is 0 Å². The molecule has 602 valence electrons. The Morgan fingerprint density at radius 1 is 0.629 bits per heavy atom. The normalized spacial score (nSPS) is 17.8. The number of fused-ring (bicyclic) bond motifs is 1. The van der Waals surface area contributed by atoms with E-state index in [2.05, 4.69) is 41.3 Å². The number of nitrogens with zero attached hydrogens (tertiary/aromatic N) is 2. The van der Waals surface area contributed by atoms with Gasteiger partial charge in [0, 0.05) is 61.5 Å². The maximum absolute atomic E-state index is 11.7. The van der Waals surface area contributed by atoms with Crippen molar-refractivity contribution in [1.29, 1.82) is 0 Å². The predicted molar refractivity (Wildman–Crippen MR) is 390 cm³/mol. The Hall–Kier alpha value is -3.66. The monoisotopic (exact) mass is 1690 g/mol. The van der Waals surface area contributed by atoms with Gasteiger partial charge in [0.25, 0.3) is 50.6 Å². The molecule has 39 nitrogen and oxygen atoms in total. The Morgan fingerprint density at radius 3 is 1.49 bits per heavy atom. The van der Waals surface area contributed by atoms with Crippen molar-refractivity contribution in [3.8, 4) is 5.75 Å². The summed E-state index contributed by atoms with van der Waals surface area (Å²) in [6.07, 6.45) is 6.02. The summed E-state index contributed by atoms with van der Waals surface area (Å²) in [7, 11) is -25.3. The fourth-order valence-corrected chi connectivity index (χ4v) is 14.4. The summed E-state index contributed by atoms with van der Waals surface area (Å²) in [4.78, 5) is 29.3. The molecule has 20 N–H and O–H groups in total. The van der Waals surface area contributed by atoms with Crippen molar-refractivity contribution < 1.29 is 159 Å². The summed E-state index contributed by atoms with van der Waals surface area (Å²) in [6, 6.07) is 23.0. The van der Waals surface area contributed by atoms with Gasteiger partial charge < -0.3 is 63.4 Å². The largest absolute Gasteiger partial charge is 1.00 e. The van der Waals surface area contributed by atoms with E-state index in [0.29, 0.717) is 93.5 Å². The van der Waals surface area contributed by atoms with Crippen LogP contribution in [-0.4, -0.2) is 248 Å². The molecular weight excluding hydrogens is 1590 g/mol. The molecule has 3 fully saturated rings. The molecular formula is C56H99N10NaO29S9. The number of benzene rings is 3. The number of carbonyl (C=O) groups excluding carboxylic acids is 2. The molecule has 0 amide bonds.